The van der Waals surface area contributed by atoms with Gasteiger partial charge in [0.05, 0.1) is 18.5 Å². The molecule has 0 aliphatic rings. The highest BCUT2D eigenvalue weighted by atomic mass is 16.5. The fraction of sp³-hybridized carbons (Fsp3) is 0.105. The summed E-state index contributed by atoms with van der Waals surface area (Å²) in [6, 6.07) is 15.2. The Morgan fingerprint density at radius 1 is 1.16 bits per heavy atom. The summed E-state index contributed by atoms with van der Waals surface area (Å²) in [4.78, 5) is 12.2. The Balaban J connectivity index is 1.99. The van der Waals surface area contributed by atoms with E-state index in [1.165, 1.54) is 13.2 Å². The molecule has 0 saturated heterocycles. The topological polar surface area (TPSA) is 77.2 Å². The van der Waals surface area contributed by atoms with Gasteiger partial charge in [0.1, 0.15) is 11.4 Å². The highest BCUT2D eigenvalue weighted by molar-refractivity contribution is 5.86. The number of nitrogens with zero attached hydrogens (tertiary/aromatic N) is 3. The third-order valence-electron chi connectivity index (χ3n) is 3.68. The van der Waals surface area contributed by atoms with Gasteiger partial charge in [-0.25, -0.2) is 4.79 Å². The Bertz CT molecular complexity index is 930. The van der Waals surface area contributed by atoms with Gasteiger partial charge in [-0.15, -0.1) is 5.10 Å². The van der Waals surface area contributed by atoms with Gasteiger partial charge in [0.15, 0.2) is 0 Å². The minimum absolute atomic E-state index is 0.547. The zero-order valence-electron chi connectivity index (χ0n) is 13.9. The molecule has 3 aromatic rings. The summed E-state index contributed by atoms with van der Waals surface area (Å²) < 4.78 is 5.35. The molecule has 1 heterocycles. The number of rotatable bonds is 5. The van der Waals surface area contributed by atoms with Crippen LogP contribution in [0.2, 0.25) is 0 Å². The van der Waals surface area contributed by atoms with Gasteiger partial charge in [0.25, 0.3) is 0 Å². The zero-order valence-corrected chi connectivity index (χ0v) is 13.9. The molecule has 2 aromatic carbocycles. The van der Waals surface area contributed by atoms with Crippen molar-refractivity contribution in [2.75, 3.05) is 7.11 Å². The van der Waals surface area contributed by atoms with E-state index in [2.05, 4.69) is 10.2 Å². The fourth-order valence-electron chi connectivity index (χ4n) is 2.48. The highest BCUT2D eigenvalue weighted by Crippen LogP contribution is 2.25. The van der Waals surface area contributed by atoms with Crippen molar-refractivity contribution in [2.45, 2.75) is 6.92 Å². The molecule has 0 saturated carbocycles. The number of carboxylic acids is 1. The van der Waals surface area contributed by atoms with Crippen molar-refractivity contribution in [1.82, 2.24) is 15.0 Å². The quantitative estimate of drug-likeness (QED) is 0.724. The maximum Gasteiger partial charge on any atom is 0.328 e. The molecule has 0 amide bonds. The van der Waals surface area contributed by atoms with E-state index in [9.17, 15) is 4.79 Å². The third-order valence-corrected chi connectivity index (χ3v) is 3.68. The van der Waals surface area contributed by atoms with Crippen LogP contribution in [0.25, 0.3) is 23.0 Å². The van der Waals surface area contributed by atoms with E-state index < -0.39 is 5.97 Å². The first-order valence-electron chi connectivity index (χ1n) is 7.67. The summed E-state index contributed by atoms with van der Waals surface area (Å²) in [6.07, 6.45) is 2.56. The van der Waals surface area contributed by atoms with E-state index in [0.717, 1.165) is 28.7 Å². The van der Waals surface area contributed by atoms with Gasteiger partial charge in [0.2, 0.25) is 0 Å². The summed E-state index contributed by atoms with van der Waals surface area (Å²) >= 11 is 0. The third kappa shape index (κ3) is 3.58. The number of ether oxygens (including phenoxy) is 1. The van der Waals surface area contributed by atoms with Crippen LogP contribution in [0.15, 0.2) is 54.6 Å². The molecule has 25 heavy (non-hydrogen) atoms. The number of aryl methyl sites for hydroxylation is 1. The smallest absolute Gasteiger partial charge is 0.328 e. The molecule has 0 unspecified atom stereocenters. The second kappa shape index (κ2) is 7.00. The molecule has 0 aliphatic heterocycles. The number of methoxy groups -OCH3 is 1. The van der Waals surface area contributed by atoms with Crippen molar-refractivity contribution in [3.63, 3.8) is 0 Å². The molecule has 0 fully saturated rings. The van der Waals surface area contributed by atoms with Crippen molar-refractivity contribution >= 4 is 12.0 Å². The van der Waals surface area contributed by atoms with Crippen molar-refractivity contribution < 1.29 is 14.6 Å². The molecule has 0 aliphatic carbocycles. The summed E-state index contributed by atoms with van der Waals surface area (Å²) in [6.45, 7) is 1.91. The number of benzene rings is 2. The van der Waals surface area contributed by atoms with Gasteiger partial charge in [-0.3, -0.25) is 0 Å². The molecule has 0 radical (unpaired) electrons. The lowest BCUT2D eigenvalue weighted by atomic mass is 10.1. The second-order valence-electron chi connectivity index (χ2n) is 5.39. The molecule has 1 N–H and O–H groups in total. The van der Waals surface area contributed by atoms with Gasteiger partial charge < -0.3 is 9.84 Å². The largest absolute Gasteiger partial charge is 0.496 e. The first-order chi connectivity index (χ1) is 12.1. The lowest BCUT2D eigenvalue weighted by molar-refractivity contribution is -0.131. The standard InChI is InChI=1S/C19H17N3O3/c1-13-19(15-6-4-3-5-7-15)21-22(20-13)16-10-8-14(9-11-18(23)24)17(12-16)25-2/h3-12H,1-2H3,(H,23,24). The minimum Gasteiger partial charge on any atom is -0.496 e. The van der Waals surface area contributed by atoms with Crippen molar-refractivity contribution in [1.29, 1.82) is 0 Å². The van der Waals surface area contributed by atoms with Crippen molar-refractivity contribution in [3.05, 3.63) is 65.9 Å². The summed E-state index contributed by atoms with van der Waals surface area (Å²) in [7, 11) is 1.54. The Labute approximate surface area is 145 Å². The zero-order chi connectivity index (χ0) is 17.8. The molecule has 3 rings (SSSR count). The van der Waals surface area contributed by atoms with Crippen LogP contribution in [0.5, 0.6) is 5.75 Å². The fourth-order valence-corrected chi connectivity index (χ4v) is 2.48. The predicted molar refractivity (Wildman–Crippen MR) is 94.8 cm³/mol. The summed E-state index contributed by atoms with van der Waals surface area (Å²) in [5, 5.41) is 17.8. The molecule has 126 valence electrons. The van der Waals surface area contributed by atoms with Crippen molar-refractivity contribution in [3.8, 4) is 22.7 Å². The van der Waals surface area contributed by atoms with E-state index in [-0.39, 0.29) is 0 Å². The number of aliphatic carboxylic acids is 1. The van der Waals surface area contributed by atoms with E-state index in [0.29, 0.717) is 11.3 Å². The second-order valence-corrected chi connectivity index (χ2v) is 5.39. The first-order valence-corrected chi connectivity index (χ1v) is 7.67. The van der Waals surface area contributed by atoms with Gasteiger partial charge >= 0.3 is 5.97 Å². The van der Waals surface area contributed by atoms with Crippen LogP contribution < -0.4 is 4.74 Å². The lowest BCUT2D eigenvalue weighted by Crippen LogP contribution is -2.00. The lowest BCUT2D eigenvalue weighted by Gasteiger charge is -2.07. The van der Waals surface area contributed by atoms with E-state index >= 15 is 0 Å². The predicted octanol–water partition coefficient (Wildman–Crippen LogP) is 3.35. The normalized spacial score (nSPS) is 11.0. The first kappa shape index (κ1) is 16.4. The Kier molecular flexibility index (Phi) is 4.61. The van der Waals surface area contributed by atoms with Crippen LogP contribution in [0.4, 0.5) is 0 Å². The van der Waals surface area contributed by atoms with Crippen LogP contribution in [0, 0.1) is 6.92 Å². The molecular weight excluding hydrogens is 318 g/mol. The van der Waals surface area contributed by atoms with Crippen LogP contribution in [-0.2, 0) is 4.79 Å². The number of carbonyl (C=O) groups is 1. The number of hydrogen-bond acceptors (Lipinski definition) is 4. The van der Waals surface area contributed by atoms with Crippen LogP contribution >= 0.6 is 0 Å². The van der Waals surface area contributed by atoms with E-state index in [1.54, 1.807) is 16.9 Å². The molecule has 1 aromatic heterocycles. The Morgan fingerprint density at radius 3 is 2.60 bits per heavy atom. The average Bonchev–Trinajstić information content (AvgIpc) is 3.02. The van der Waals surface area contributed by atoms with E-state index in [1.807, 2.05) is 43.3 Å². The number of hydrogen-bond donors (Lipinski definition) is 1. The molecule has 0 bridgehead atoms. The molecule has 0 spiro atoms. The molecule has 0 atom stereocenters. The van der Waals surface area contributed by atoms with Gasteiger partial charge in [-0.1, -0.05) is 30.3 Å². The van der Waals surface area contributed by atoms with Gasteiger partial charge in [-0.05, 0) is 25.1 Å². The number of aromatic nitrogens is 3. The Hall–Kier alpha value is -3.41. The monoisotopic (exact) mass is 335 g/mol. The van der Waals surface area contributed by atoms with Crippen LogP contribution in [0.1, 0.15) is 11.3 Å². The van der Waals surface area contributed by atoms with Gasteiger partial charge in [0, 0.05) is 23.3 Å². The molecular formula is C19H17N3O3. The minimum atomic E-state index is -1.01. The van der Waals surface area contributed by atoms with Crippen LogP contribution in [0.3, 0.4) is 0 Å². The molecule has 6 nitrogen and oxygen atoms in total. The van der Waals surface area contributed by atoms with E-state index in [4.69, 9.17) is 9.84 Å². The van der Waals surface area contributed by atoms with Gasteiger partial charge in [-0.2, -0.15) is 9.90 Å². The molecule has 6 heteroatoms. The SMILES string of the molecule is COc1cc(-n2nc(C)c(-c3ccccc3)n2)ccc1C=CC(=O)O. The highest BCUT2D eigenvalue weighted by Gasteiger charge is 2.12. The van der Waals surface area contributed by atoms with Crippen LogP contribution in [-0.4, -0.2) is 33.2 Å². The van der Waals surface area contributed by atoms with Crippen molar-refractivity contribution in [2.24, 2.45) is 0 Å². The Morgan fingerprint density at radius 2 is 1.92 bits per heavy atom. The average molecular weight is 335 g/mol. The number of carboxylic acid groups (broad SMARTS) is 1. The summed E-state index contributed by atoms with van der Waals surface area (Å²) in [5.74, 6) is -0.464. The summed E-state index contributed by atoms with van der Waals surface area (Å²) in [5.41, 5.74) is 4.03. The maximum absolute atomic E-state index is 10.7. The maximum atomic E-state index is 10.7.